The third-order valence-corrected chi connectivity index (χ3v) is 4.15. The zero-order chi connectivity index (χ0) is 19.2. The number of carboxylic acid groups (broad SMARTS) is 1. The number of thioether (sulfide) groups is 1. The first-order valence-electron chi connectivity index (χ1n) is 7.74. The van der Waals surface area contributed by atoms with E-state index in [0.29, 0.717) is 37.0 Å². The summed E-state index contributed by atoms with van der Waals surface area (Å²) in [6.45, 7) is 3.53. The maximum atomic E-state index is 11.3. The molecule has 0 aliphatic rings. The van der Waals surface area contributed by atoms with Crippen molar-refractivity contribution in [2.45, 2.75) is 17.2 Å². The second-order valence-electron chi connectivity index (χ2n) is 4.89. The topological polar surface area (TPSA) is 160 Å². The van der Waals surface area contributed by atoms with Crippen LogP contribution in [0.25, 0.3) is 10.4 Å². The predicted molar refractivity (Wildman–Crippen MR) is 93.3 cm³/mol. The van der Waals surface area contributed by atoms with Crippen molar-refractivity contribution in [3.05, 3.63) is 32.7 Å². The molecule has 1 atom stereocenters. The molecular formula is C14H21N5O6S. The second kappa shape index (κ2) is 13.1. The molecule has 1 aromatic rings. The number of aromatic nitrogens is 2. The van der Waals surface area contributed by atoms with Gasteiger partial charge < -0.3 is 24.3 Å². The highest BCUT2D eigenvalue weighted by atomic mass is 32.2. The van der Waals surface area contributed by atoms with Gasteiger partial charge in [0.2, 0.25) is 0 Å². The van der Waals surface area contributed by atoms with E-state index < -0.39 is 16.9 Å². The minimum Gasteiger partial charge on any atom is -0.480 e. The van der Waals surface area contributed by atoms with Gasteiger partial charge in [0.15, 0.2) is 0 Å². The van der Waals surface area contributed by atoms with E-state index in [1.54, 1.807) is 6.92 Å². The first-order chi connectivity index (χ1) is 12.5. The second-order valence-corrected chi connectivity index (χ2v) is 6.08. The summed E-state index contributed by atoms with van der Waals surface area (Å²) in [5.41, 5.74) is 8.23. The van der Waals surface area contributed by atoms with E-state index in [4.69, 9.17) is 19.7 Å². The fourth-order valence-electron chi connectivity index (χ4n) is 1.63. The molecule has 0 saturated carbocycles. The molecule has 0 fully saturated rings. The van der Waals surface area contributed by atoms with Crippen molar-refractivity contribution in [1.82, 2.24) is 9.97 Å². The number of ether oxygens (including phenoxy) is 3. The Labute approximate surface area is 153 Å². The Morgan fingerprint density at radius 2 is 2.00 bits per heavy atom. The van der Waals surface area contributed by atoms with Gasteiger partial charge in [-0.15, -0.1) is 0 Å². The van der Waals surface area contributed by atoms with Crippen LogP contribution in [-0.4, -0.2) is 72.5 Å². The quantitative estimate of drug-likeness (QED) is 0.119. The molecule has 144 valence electrons. The third-order valence-electron chi connectivity index (χ3n) is 2.89. The summed E-state index contributed by atoms with van der Waals surface area (Å²) in [6.07, 6.45) is 1.49. The Morgan fingerprint density at radius 3 is 2.65 bits per heavy atom. The highest BCUT2D eigenvalue weighted by Gasteiger charge is 2.21. The van der Waals surface area contributed by atoms with Gasteiger partial charge in [-0.2, -0.15) is 4.98 Å². The Balaban J connectivity index is 2.20. The van der Waals surface area contributed by atoms with Crippen LogP contribution < -0.4 is 5.69 Å². The van der Waals surface area contributed by atoms with Crippen molar-refractivity contribution >= 4 is 17.7 Å². The van der Waals surface area contributed by atoms with E-state index in [-0.39, 0.29) is 19.8 Å². The molecule has 2 N–H and O–H groups in total. The molecule has 0 aliphatic heterocycles. The first-order valence-corrected chi connectivity index (χ1v) is 8.62. The minimum atomic E-state index is -1.05. The minimum absolute atomic E-state index is 0.0417. The molecule has 0 radical (unpaired) electrons. The van der Waals surface area contributed by atoms with Gasteiger partial charge in [0.25, 0.3) is 0 Å². The molecule has 12 heteroatoms. The van der Waals surface area contributed by atoms with E-state index in [0.717, 1.165) is 11.8 Å². The Bertz CT molecular complexity index is 663. The van der Waals surface area contributed by atoms with Gasteiger partial charge in [-0.1, -0.05) is 16.9 Å². The smallest absolute Gasteiger partial charge is 0.345 e. The van der Waals surface area contributed by atoms with E-state index in [1.165, 1.54) is 6.20 Å². The number of nitrogens with zero attached hydrogens (tertiary/aromatic N) is 4. The molecule has 0 aliphatic carbocycles. The summed E-state index contributed by atoms with van der Waals surface area (Å²) in [5, 5.41) is 12.1. The van der Waals surface area contributed by atoms with Crippen molar-refractivity contribution in [1.29, 1.82) is 0 Å². The molecule has 0 spiro atoms. The molecular weight excluding hydrogens is 366 g/mol. The molecule has 1 aromatic heterocycles. The zero-order valence-corrected chi connectivity index (χ0v) is 15.1. The molecule has 26 heavy (non-hydrogen) atoms. The van der Waals surface area contributed by atoms with Gasteiger partial charge in [-0.3, -0.25) is 4.79 Å². The van der Waals surface area contributed by atoms with Crippen LogP contribution >= 0.6 is 11.8 Å². The molecule has 1 heterocycles. The number of hydrogen-bond donors (Lipinski definition) is 2. The van der Waals surface area contributed by atoms with E-state index >= 15 is 0 Å². The number of aliphatic carboxylic acids is 1. The lowest BCUT2D eigenvalue weighted by atomic mass is 10.4. The molecule has 1 rings (SSSR count). The van der Waals surface area contributed by atoms with Crippen molar-refractivity contribution in [3.8, 4) is 0 Å². The highest BCUT2D eigenvalue weighted by molar-refractivity contribution is 8.00. The molecule has 0 saturated heterocycles. The normalized spacial score (nSPS) is 11.7. The highest BCUT2D eigenvalue weighted by Crippen LogP contribution is 2.23. The van der Waals surface area contributed by atoms with E-state index in [2.05, 4.69) is 20.0 Å². The number of aromatic amines is 1. The SMILES string of the molecule is Cc1c[nH]c(=O)nc1SC(COCCOCCOCCN=[N+]=[N-])C(=O)O. The lowest BCUT2D eigenvalue weighted by Crippen LogP contribution is -2.25. The maximum absolute atomic E-state index is 11.3. The van der Waals surface area contributed by atoms with Crippen LogP contribution in [0.4, 0.5) is 0 Å². The van der Waals surface area contributed by atoms with Crippen LogP contribution in [-0.2, 0) is 19.0 Å². The van der Waals surface area contributed by atoms with Crippen LogP contribution in [0.5, 0.6) is 0 Å². The summed E-state index contributed by atoms with van der Waals surface area (Å²) in [5.74, 6) is -1.05. The van der Waals surface area contributed by atoms with Crippen molar-refractivity contribution < 1.29 is 24.1 Å². The van der Waals surface area contributed by atoms with Crippen LogP contribution in [0.2, 0.25) is 0 Å². The average molecular weight is 387 g/mol. The van der Waals surface area contributed by atoms with Crippen molar-refractivity contribution in [3.63, 3.8) is 0 Å². The van der Waals surface area contributed by atoms with Gasteiger partial charge in [0.1, 0.15) is 10.3 Å². The molecule has 0 aromatic carbocycles. The summed E-state index contributed by atoms with van der Waals surface area (Å²) in [4.78, 5) is 31.4. The average Bonchev–Trinajstić information content (AvgIpc) is 2.61. The summed E-state index contributed by atoms with van der Waals surface area (Å²) in [6, 6.07) is 0. The van der Waals surface area contributed by atoms with Gasteiger partial charge in [0.05, 0.1) is 39.6 Å². The summed E-state index contributed by atoms with van der Waals surface area (Å²) in [7, 11) is 0. The summed E-state index contributed by atoms with van der Waals surface area (Å²) < 4.78 is 15.7. The number of azide groups is 1. The lowest BCUT2D eigenvalue weighted by molar-refractivity contribution is -0.137. The number of hydrogen-bond acceptors (Lipinski definition) is 8. The van der Waals surface area contributed by atoms with Gasteiger partial charge in [-0.25, -0.2) is 4.79 Å². The van der Waals surface area contributed by atoms with Crippen LogP contribution in [0.1, 0.15) is 5.56 Å². The predicted octanol–water partition coefficient (Wildman–Crippen LogP) is 0.984. The lowest BCUT2D eigenvalue weighted by Gasteiger charge is -2.13. The van der Waals surface area contributed by atoms with Crippen molar-refractivity contribution in [2.75, 3.05) is 46.2 Å². The monoisotopic (exact) mass is 387 g/mol. The van der Waals surface area contributed by atoms with Crippen LogP contribution in [0.15, 0.2) is 21.1 Å². The number of carbonyl (C=O) groups is 1. The van der Waals surface area contributed by atoms with Crippen LogP contribution in [0.3, 0.4) is 0 Å². The largest absolute Gasteiger partial charge is 0.480 e. The van der Waals surface area contributed by atoms with E-state index in [1.807, 2.05) is 0 Å². The van der Waals surface area contributed by atoms with E-state index in [9.17, 15) is 14.7 Å². The number of carboxylic acids is 1. The standard InChI is InChI=1S/C14H21N5O6S/c1-10-8-16-14(22)18-12(10)26-11(13(20)21)9-25-7-6-24-5-4-23-3-2-17-19-15/h8,11H,2-7,9H2,1H3,(H,20,21)(H,16,18,22). The van der Waals surface area contributed by atoms with Crippen LogP contribution in [0, 0.1) is 6.92 Å². The summed E-state index contributed by atoms with van der Waals surface area (Å²) >= 11 is 0.968. The Morgan fingerprint density at radius 1 is 1.35 bits per heavy atom. The molecule has 1 unspecified atom stereocenters. The first kappa shape index (κ1) is 21.9. The molecule has 0 bridgehead atoms. The van der Waals surface area contributed by atoms with Gasteiger partial charge >= 0.3 is 11.7 Å². The molecule has 11 nitrogen and oxygen atoms in total. The van der Waals surface area contributed by atoms with Crippen molar-refractivity contribution in [2.24, 2.45) is 5.11 Å². The Kier molecular flexibility index (Phi) is 11.1. The molecule has 0 amide bonds. The maximum Gasteiger partial charge on any atom is 0.345 e. The fourth-order valence-corrected chi connectivity index (χ4v) is 2.55. The Hall–Kier alpha value is -2.11. The zero-order valence-electron chi connectivity index (χ0n) is 14.3. The number of aryl methyl sites for hydroxylation is 1. The third kappa shape index (κ3) is 9.39. The van der Waals surface area contributed by atoms with Gasteiger partial charge in [0, 0.05) is 17.7 Å². The number of H-pyrrole nitrogens is 1. The fraction of sp³-hybridized carbons (Fsp3) is 0.643. The van der Waals surface area contributed by atoms with Gasteiger partial charge in [-0.05, 0) is 18.0 Å². The number of nitrogens with one attached hydrogen (secondary N) is 1. The number of rotatable bonds is 14.